The van der Waals surface area contributed by atoms with Crippen molar-refractivity contribution in [2.75, 3.05) is 17.7 Å². The molecule has 2 amide bonds. The molecule has 0 fully saturated rings. The van der Waals surface area contributed by atoms with E-state index < -0.39 is 6.09 Å². The van der Waals surface area contributed by atoms with Gasteiger partial charge in [0.05, 0.1) is 7.11 Å². The number of methoxy groups -OCH3 is 1. The van der Waals surface area contributed by atoms with Gasteiger partial charge in [0.2, 0.25) is 0 Å². The topological polar surface area (TPSA) is 80.3 Å². The third-order valence-electron chi connectivity index (χ3n) is 3.58. The van der Waals surface area contributed by atoms with Gasteiger partial charge >= 0.3 is 6.09 Å². The average Bonchev–Trinajstić information content (AvgIpc) is 3.04. The van der Waals surface area contributed by atoms with Crippen LogP contribution >= 0.6 is 11.3 Å². The van der Waals surface area contributed by atoms with Gasteiger partial charge in [-0.3, -0.25) is 10.1 Å². The highest BCUT2D eigenvalue weighted by Gasteiger charge is 2.17. The molecular weight excluding hydrogens is 350 g/mol. The van der Waals surface area contributed by atoms with Crippen molar-refractivity contribution in [1.82, 2.24) is 4.98 Å². The van der Waals surface area contributed by atoms with Crippen LogP contribution in [0.25, 0.3) is 11.3 Å². The van der Waals surface area contributed by atoms with Gasteiger partial charge in [-0.2, -0.15) is 0 Å². The molecule has 1 aromatic heterocycles. The van der Waals surface area contributed by atoms with E-state index in [1.165, 1.54) is 18.4 Å². The number of amides is 2. The number of nitrogens with one attached hydrogen (secondary N) is 2. The molecule has 1 heterocycles. The SMILES string of the molecule is COC(=O)Nc1nc(-c2ccccc2)c(NC(=O)c2cccc(C)c2)s1. The third kappa shape index (κ3) is 4.07. The fourth-order valence-corrected chi connectivity index (χ4v) is 3.22. The second-order valence-electron chi connectivity index (χ2n) is 5.50. The molecule has 3 rings (SSSR count). The molecule has 3 aromatic rings. The van der Waals surface area contributed by atoms with Gasteiger partial charge in [0.15, 0.2) is 5.13 Å². The maximum absolute atomic E-state index is 12.6. The van der Waals surface area contributed by atoms with E-state index in [4.69, 9.17) is 0 Å². The molecular formula is C19H17N3O3S. The molecule has 0 unspecified atom stereocenters. The summed E-state index contributed by atoms with van der Waals surface area (Å²) in [5, 5.41) is 6.32. The standard InChI is InChI=1S/C19H17N3O3S/c1-12-7-6-10-14(11-12)16(23)21-17-15(13-8-4-3-5-9-13)20-18(26-17)22-19(24)25-2/h3-11H,1-2H3,(H,21,23)(H,20,22,24). The van der Waals surface area contributed by atoms with E-state index >= 15 is 0 Å². The highest BCUT2D eigenvalue weighted by Crippen LogP contribution is 2.36. The molecule has 2 aromatic carbocycles. The van der Waals surface area contributed by atoms with E-state index in [-0.39, 0.29) is 5.91 Å². The quantitative estimate of drug-likeness (QED) is 0.709. The minimum atomic E-state index is -0.616. The van der Waals surface area contributed by atoms with Crippen LogP contribution in [0.3, 0.4) is 0 Å². The largest absolute Gasteiger partial charge is 0.453 e. The van der Waals surface area contributed by atoms with Crippen LogP contribution in [0.15, 0.2) is 54.6 Å². The Morgan fingerprint density at radius 3 is 2.50 bits per heavy atom. The van der Waals surface area contributed by atoms with Crippen molar-refractivity contribution in [2.24, 2.45) is 0 Å². The van der Waals surface area contributed by atoms with Gasteiger partial charge in [0.25, 0.3) is 5.91 Å². The lowest BCUT2D eigenvalue weighted by Crippen LogP contribution is -2.11. The highest BCUT2D eigenvalue weighted by molar-refractivity contribution is 7.20. The van der Waals surface area contributed by atoms with E-state index in [1.807, 2.05) is 55.5 Å². The van der Waals surface area contributed by atoms with E-state index in [2.05, 4.69) is 20.4 Å². The van der Waals surface area contributed by atoms with Gasteiger partial charge in [-0.05, 0) is 19.1 Å². The molecule has 0 aliphatic heterocycles. The van der Waals surface area contributed by atoms with Crippen molar-refractivity contribution in [3.63, 3.8) is 0 Å². The zero-order chi connectivity index (χ0) is 18.5. The number of aryl methyl sites for hydroxylation is 1. The van der Waals surface area contributed by atoms with Crippen molar-refractivity contribution in [2.45, 2.75) is 6.92 Å². The molecule has 2 N–H and O–H groups in total. The fourth-order valence-electron chi connectivity index (χ4n) is 2.35. The Kier molecular flexibility index (Phi) is 5.28. The predicted molar refractivity (Wildman–Crippen MR) is 103 cm³/mol. The lowest BCUT2D eigenvalue weighted by molar-refractivity contribution is 0.102. The van der Waals surface area contributed by atoms with Gasteiger partial charge in [-0.1, -0.05) is 59.4 Å². The summed E-state index contributed by atoms with van der Waals surface area (Å²) >= 11 is 1.17. The summed E-state index contributed by atoms with van der Waals surface area (Å²) in [4.78, 5) is 28.5. The van der Waals surface area contributed by atoms with Gasteiger partial charge in [0.1, 0.15) is 10.7 Å². The normalized spacial score (nSPS) is 10.2. The summed E-state index contributed by atoms with van der Waals surface area (Å²) in [7, 11) is 1.28. The molecule has 0 spiro atoms. The van der Waals surface area contributed by atoms with Crippen LogP contribution in [-0.4, -0.2) is 24.1 Å². The van der Waals surface area contributed by atoms with Crippen molar-refractivity contribution in [1.29, 1.82) is 0 Å². The number of ether oxygens (including phenoxy) is 1. The summed E-state index contributed by atoms with van der Waals surface area (Å²) in [6.07, 6.45) is -0.616. The van der Waals surface area contributed by atoms with Crippen LogP contribution in [0.1, 0.15) is 15.9 Å². The zero-order valence-electron chi connectivity index (χ0n) is 14.3. The van der Waals surface area contributed by atoms with Crippen LogP contribution in [0.4, 0.5) is 14.9 Å². The molecule has 0 radical (unpaired) electrons. The Labute approximate surface area is 154 Å². The van der Waals surface area contributed by atoms with Gasteiger partial charge in [0, 0.05) is 11.1 Å². The lowest BCUT2D eigenvalue weighted by Gasteiger charge is -2.06. The second-order valence-corrected chi connectivity index (χ2v) is 6.50. The molecule has 0 saturated heterocycles. The Hall–Kier alpha value is -3.19. The average molecular weight is 367 g/mol. The third-order valence-corrected chi connectivity index (χ3v) is 4.46. The van der Waals surface area contributed by atoms with Crippen LogP contribution in [0, 0.1) is 6.92 Å². The van der Waals surface area contributed by atoms with Crippen molar-refractivity contribution < 1.29 is 14.3 Å². The predicted octanol–water partition coefficient (Wildman–Crippen LogP) is 4.55. The van der Waals surface area contributed by atoms with Gasteiger partial charge in [-0.15, -0.1) is 0 Å². The number of carbonyl (C=O) groups is 2. The minimum absolute atomic E-state index is 0.237. The Morgan fingerprint density at radius 1 is 1.04 bits per heavy atom. The fraction of sp³-hybridized carbons (Fsp3) is 0.105. The maximum atomic E-state index is 12.6. The van der Waals surface area contributed by atoms with E-state index in [1.54, 1.807) is 6.07 Å². The molecule has 0 atom stereocenters. The van der Waals surface area contributed by atoms with Crippen molar-refractivity contribution in [3.05, 3.63) is 65.7 Å². The first kappa shape index (κ1) is 17.6. The molecule has 7 heteroatoms. The summed E-state index contributed by atoms with van der Waals surface area (Å²) in [6.45, 7) is 1.93. The smallest absolute Gasteiger partial charge is 0.413 e. The Morgan fingerprint density at radius 2 is 1.81 bits per heavy atom. The summed E-state index contributed by atoms with van der Waals surface area (Å²) in [6, 6.07) is 16.8. The number of carbonyl (C=O) groups excluding carboxylic acids is 2. The van der Waals surface area contributed by atoms with Crippen LogP contribution in [0.5, 0.6) is 0 Å². The molecule has 0 bridgehead atoms. The highest BCUT2D eigenvalue weighted by atomic mass is 32.1. The number of thiazole rings is 1. The van der Waals surface area contributed by atoms with E-state index in [9.17, 15) is 9.59 Å². The summed E-state index contributed by atoms with van der Waals surface area (Å²) < 4.78 is 4.60. The Balaban J connectivity index is 1.93. The number of benzene rings is 2. The lowest BCUT2D eigenvalue weighted by atomic mass is 10.1. The number of aromatic nitrogens is 1. The first-order valence-corrected chi connectivity index (χ1v) is 8.67. The van der Waals surface area contributed by atoms with Gasteiger partial charge in [-0.25, -0.2) is 9.78 Å². The zero-order valence-corrected chi connectivity index (χ0v) is 15.1. The number of anilines is 2. The number of rotatable bonds is 4. The first-order valence-electron chi connectivity index (χ1n) is 7.86. The molecule has 0 aliphatic rings. The molecule has 0 saturated carbocycles. The number of nitrogens with zero attached hydrogens (tertiary/aromatic N) is 1. The van der Waals surface area contributed by atoms with Crippen molar-refractivity contribution >= 4 is 33.5 Å². The second kappa shape index (κ2) is 7.79. The minimum Gasteiger partial charge on any atom is -0.453 e. The number of hydrogen-bond donors (Lipinski definition) is 2. The summed E-state index contributed by atoms with van der Waals surface area (Å²) in [5.41, 5.74) is 2.97. The molecule has 6 nitrogen and oxygen atoms in total. The molecule has 26 heavy (non-hydrogen) atoms. The molecule has 132 valence electrons. The van der Waals surface area contributed by atoms with Crippen LogP contribution in [-0.2, 0) is 4.74 Å². The van der Waals surface area contributed by atoms with Crippen molar-refractivity contribution in [3.8, 4) is 11.3 Å². The van der Waals surface area contributed by atoms with Crippen LogP contribution < -0.4 is 10.6 Å². The molecule has 0 aliphatic carbocycles. The number of hydrogen-bond acceptors (Lipinski definition) is 5. The first-order chi connectivity index (χ1) is 12.6. The monoisotopic (exact) mass is 367 g/mol. The van der Waals surface area contributed by atoms with E-state index in [0.29, 0.717) is 21.4 Å². The van der Waals surface area contributed by atoms with Gasteiger partial charge < -0.3 is 10.1 Å². The van der Waals surface area contributed by atoms with Crippen LogP contribution in [0.2, 0.25) is 0 Å². The maximum Gasteiger partial charge on any atom is 0.413 e. The summed E-state index contributed by atoms with van der Waals surface area (Å²) in [5.74, 6) is -0.237. The Bertz CT molecular complexity index is 938. The van der Waals surface area contributed by atoms with E-state index in [0.717, 1.165) is 11.1 Å².